The minimum atomic E-state index is -0.359. The Hall–Kier alpha value is -0.0800. The quantitative estimate of drug-likeness (QED) is 0.642. The van der Waals surface area contributed by atoms with E-state index in [-0.39, 0.29) is 12.1 Å². The number of aliphatic hydroxyl groups excluding tert-OH is 1. The highest BCUT2D eigenvalue weighted by Gasteiger charge is 2.32. The Kier molecular flexibility index (Phi) is 2.55. The molecule has 1 aliphatic carbocycles. The SMILES string of the molecule is CC(CC(C)(N)CO)C1CC1. The average molecular weight is 157 g/mol. The van der Waals surface area contributed by atoms with Gasteiger partial charge in [0, 0.05) is 5.54 Å². The van der Waals surface area contributed by atoms with Crippen LogP contribution in [-0.4, -0.2) is 17.3 Å². The van der Waals surface area contributed by atoms with Gasteiger partial charge in [0.15, 0.2) is 0 Å². The summed E-state index contributed by atoms with van der Waals surface area (Å²) in [5, 5.41) is 8.92. The summed E-state index contributed by atoms with van der Waals surface area (Å²) in [4.78, 5) is 0. The molecule has 2 atom stereocenters. The summed E-state index contributed by atoms with van der Waals surface area (Å²) >= 11 is 0. The highest BCUT2D eigenvalue weighted by atomic mass is 16.3. The van der Waals surface area contributed by atoms with Gasteiger partial charge in [-0.3, -0.25) is 0 Å². The van der Waals surface area contributed by atoms with Gasteiger partial charge in [-0.15, -0.1) is 0 Å². The molecule has 1 saturated carbocycles. The van der Waals surface area contributed by atoms with Crippen molar-refractivity contribution in [1.29, 1.82) is 0 Å². The fourth-order valence-electron chi connectivity index (χ4n) is 1.63. The molecule has 1 fully saturated rings. The second kappa shape index (κ2) is 3.11. The van der Waals surface area contributed by atoms with E-state index in [1.165, 1.54) is 12.8 Å². The van der Waals surface area contributed by atoms with Crippen molar-refractivity contribution >= 4 is 0 Å². The molecule has 3 N–H and O–H groups in total. The van der Waals surface area contributed by atoms with Crippen molar-refractivity contribution in [3.05, 3.63) is 0 Å². The smallest absolute Gasteiger partial charge is 0.0608 e. The predicted octanol–water partition coefficient (Wildman–Crippen LogP) is 1.13. The monoisotopic (exact) mass is 157 g/mol. The molecule has 2 nitrogen and oxygen atoms in total. The summed E-state index contributed by atoms with van der Waals surface area (Å²) in [6, 6.07) is 0. The fourth-order valence-corrected chi connectivity index (χ4v) is 1.63. The van der Waals surface area contributed by atoms with Crippen LogP contribution in [0.15, 0.2) is 0 Å². The molecule has 0 bridgehead atoms. The molecule has 0 heterocycles. The Bertz CT molecular complexity index is 130. The van der Waals surface area contributed by atoms with Crippen LogP contribution in [-0.2, 0) is 0 Å². The Morgan fingerprint density at radius 3 is 2.55 bits per heavy atom. The number of nitrogens with two attached hydrogens (primary N) is 1. The van der Waals surface area contributed by atoms with E-state index in [0.717, 1.165) is 12.3 Å². The molecule has 0 spiro atoms. The van der Waals surface area contributed by atoms with Crippen LogP contribution in [0.3, 0.4) is 0 Å². The lowest BCUT2D eigenvalue weighted by atomic mass is 9.89. The van der Waals surface area contributed by atoms with Crippen LogP contribution in [0.25, 0.3) is 0 Å². The molecule has 0 radical (unpaired) electrons. The Labute approximate surface area is 68.8 Å². The Balaban J connectivity index is 2.27. The van der Waals surface area contributed by atoms with Crippen LogP contribution >= 0.6 is 0 Å². The molecule has 66 valence electrons. The van der Waals surface area contributed by atoms with Crippen molar-refractivity contribution in [2.24, 2.45) is 17.6 Å². The summed E-state index contributed by atoms with van der Waals surface area (Å²) in [6.07, 6.45) is 3.68. The summed E-state index contributed by atoms with van der Waals surface area (Å²) in [5.74, 6) is 1.58. The molecule has 2 heteroatoms. The molecular formula is C9H19NO. The van der Waals surface area contributed by atoms with E-state index in [0.29, 0.717) is 5.92 Å². The topological polar surface area (TPSA) is 46.2 Å². The zero-order valence-electron chi connectivity index (χ0n) is 7.51. The minimum absolute atomic E-state index is 0.101. The maximum absolute atomic E-state index is 8.92. The summed E-state index contributed by atoms with van der Waals surface area (Å²) in [6.45, 7) is 4.26. The molecule has 1 aliphatic rings. The van der Waals surface area contributed by atoms with Crippen LogP contribution in [0.5, 0.6) is 0 Å². The van der Waals surface area contributed by atoms with E-state index in [2.05, 4.69) is 6.92 Å². The molecular weight excluding hydrogens is 138 g/mol. The first kappa shape index (κ1) is 9.01. The first-order chi connectivity index (χ1) is 5.05. The van der Waals surface area contributed by atoms with Crippen molar-refractivity contribution in [2.45, 2.75) is 38.6 Å². The second-order valence-corrected chi connectivity index (χ2v) is 4.33. The van der Waals surface area contributed by atoms with Gasteiger partial charge in [0.25, 0.3) is 0 Å². The molecule has 0 aromatic heterocycles. The Morgan fingerprint density at radius 2 is 2.18 bits per heavy atom. The standard InChI is InChI=1S/C9H19NO/c1-7(8-3-4-8)5-9(2,10)6-11/h7-8,11H,3-6,10H2,1-2H3. The van der Waals surface area contributed by atoms with E-state index in [9.17, 15) is 0 Å². The lowest BCUT2D eigenvalue weighted by Gasteiger charge is -2.25. The molecule has 0 saturated heterocycles. The molecule has 0 amide bonds. The number of aliphatic hydroxyl groups is 1. The summed E-state index contributed by atoms with van der Waals surface area (Å²) < 4.78 is 0. The minimum Gasteiger partial charge on any atom is -0.394 e. The van der Waals surface area contributed by atoms with E-state index in [4.69, 9.17) is 10.8 Å². The van der Waals surface area contributed by atoms with E-state index >= 15 is 0 Å². The second-order valence-electron chi connectivity index (χ2n) is 4.33. The predicted molar refractivity (Wildman–Crippen MR) is 46.2 cm³/mol. The largest absolute Gasteiger partial charge is 0.394 e. The van der Waals surface area contributed by atoms with Crippen LogP contribution in [0.1, 0.15) is 33.1 Å². The zero-order valence-corrected chi connectivity index (χ0v) is 7.51. The van der Waals surface area contributed by atoms with Crippen molar-refractivity contribution in [3.8, 4) is 0 Å². The average Bonchev–Trinajstić information content (AvgIpc) is 2.67. The summed E-state index contributed by atoms with van der Waals surface area (Å²) in [7, 11) is 0. The van der Waals surface area contributed by atoms with Crippen molar-refractivity contribution in [1.82, 2.24) is 0 Å². The van der Waals surface area contributed by atoms with E-state index in [1.807, 2.05) is 6.92 Å². The van der Waals surface area contributed by atoms with Gasteiger partial charge < -0.3 is 10.8 Å². The number of rotatable bonds is 4. The van der Waals surface area contributed by atoms with Crippen LogP contribution in [0.2, 0.25) is 0 Å². The highest BCUT2D eigenvalue weighted by Crippen LogP contribution is 2.39. The molecule has 1 rings (SSSR count). The molecule has 0 aromatic carbocycles. The third kappa shape index (κ3) is 2.80. The first-order valence-electron chi connectivity index (χ1n) is 4.45. The van der Waals surface area contributed by atoms with E-state index < -0.39 is 0 Å². The molecule has 0 aromatic rings. The van der Waals surface area contributed by atoms with E-state index in [1.54, 1.807) is 0 Å². The molecule has 0 aliphatic heterocycles. The maximum atomic E-state index is 8.92. The lowest BCUT2D eigenvalue weighted by molar-refractivity contribution is 0.180. The third-order valence-corrected chi connectivity index (χ3v) is 2.58. The molecule has 2 unspecified atom stereocenters. The van der Waals surface area contributed by atoms with Gasteiger partial charge in [-0.05, 0) is 38.0 Å². The van der Waals surface area contributed by atoms with Gasteiger partial charge in [-0.25, -0.2) is 0 Å². The van der Waals surface area contributed by atoms with Crippen LogP contribution in [0.4, 0.5) is 0 Å². The number of hydrogen-bond acceptors (Lipinski definition) is 2. The van der Waals surface area contributed by atoms with Crippen LogP contribution < -0.4 is 5.73 Å². The zero-order chi connectivity index (χ0) is 8.48. The van der Waals surface area contributed by atoms with Crippen molar-refractivity contribution in [3.63, 3.8) is 0 Å². The third-order valence-electron chi connectivity index (χ3n) is 2.58. The van der Waals surface area contributed by atoms with Gasteiger partial charge in [-0.2, -0.15) is 0 Å². The first-order valence-corrected chi connectivity index (χ1v) is 4.45. The summed E-state index contributed by atoms with van der Waals surface area (Å²) in [5.41, 5.74) is 5.47. The van der Waals surface area contributed by atoms with Crippen molar-refractivity contribution in [2.75, 3.05) is 6.61 Å². The van der Waals surface area contributed by atoms with Gasteiger partial charge >= 0.3 is 0 Å². The fraction of sp³-hybridized carbons (Fsp3) is 1.00. The number of hydrogen-bond donors (Lipinski definition) is 2. The Morgan fingerprint density at radius 1 is 1.64 bits per heavy atom. The normalized spacial score (nSPS) is 26.2. The van der Waals surface area contributed by atoms with Gasteiger partial charge in [-0.1, -0.05) is 6.92 Å². The lowest BCUT2D eigenvalue weighted by Crippen LogP contribution is -2.41. The molecule has 11 heavy (non-hydrogen) atoms. The van der Waals surface area contributed by atoms with Crippen molar-refractivity contribution < 1.29 is 5.11 Å². The van der Waals surface area contributed by atoms with Crippen LogP contribution in [0, 0.1) is 11.8 Å². The van der Waals surface area contributed by atoms with Gasteiger partial charge in [0.05, 0.1) is 6.61 Å². The highest BCUT2D eigenvalue weighted by molar-refractivity contribution is 4.86. The van der Waals surface area contributed by atoms with Gasteiger partial charge in [0.1, 0.15) is 0 Å². The maximum Gasteiger partial charge on any atom is 0.0608 e. The van der Waals surface area contributed by atoms with Gasteiger partial charge in [0.2, 0.25) is 0 Å².